The smallest absolute Gasteiger partial charge is 0.302 e. The van der Waals surface area contributed by atoms with Gasteiger partial charge in [0.2, 0.25) is 0 Å². The van der Waals surface area contributed by atoms with Crippen LogP contribution in [0.2, 0.25) is 0 Å². The number of nitrogens with one attached hydrogen (secondary N) is 5. The molecule has 120 heavy (non-hydrogen) atoms. The molecular formula is C85H110N30O5. The summed E-state index contributed by atoms with van der Waals surface area (Å²) < 4.78 is 292. The van der Waals surface area contributed by atoms with Gasteiger partial charge < -0.3 is 98.1 Å². The molecule has 0 spiro atoms. The molecule has 5 aliphatic heterocycles. The first-order valence-electron chi connectivity index (χ1n) is 55.2. The van der Waals surface area contributed by atoms with Gasteiger partial charge in [0.1, 0.15) is 109 Å². The second kappa shape index (κ2) is 39.4. The lowest BCUT2D eigenvalue weighted by Gasteiger charge is -2.41. The van der Waals surface area contributed by atoms with Gasteiger partial charge in [-0.2, -0.15) is 0 Å². The largest absolute Gasteiger partial charge is 0.354 e. The van der Waals surface area contributed by atoms with Crippen molar-refractivity contribution in [3.63, 3.8) is 0 Å². The summed E-state index contributed by atoms with van der Waals surface area (Å²) in [7, 11) is 7.25. The molecule has 10 atom stereocenters. The number of likely N-dealkylation sites (N-methyl/N-ethyl adjacent to an activating group) is 5. The zero-order valence-corrected chi connectivity index (χ0v) is 67.6. The van der Waals surface area contributed by atoms with Gasteiger partial charge in [-0.05, 0) is 126 Å². The predicted octanol–water partition coefficient (Wildman–Crippen LogP) is 9.29. The third kappa shape index (κ3) is 20.2. The molecule has 0 unspecified atom stereocenters. The highest BCUT2D eigenvalue weighted by atomic mass is 16.2. The van der Waals surface area contributed by atoms with Crippen molar-refractivity contribution in [2.45, 2.75) is 131 Å². The van der Waals surface area contributed by atoms with Gasteiger partial charge >= 0.3 is 29.5 Å². The fourth-order valence-corrected chi connectivity index (χ4v) is 14.1. The molecule has 15 heterocycles. The van der Waals surface area contributed by atoms with Crippen LogP contribution in [0.1, 0.15) is 144 Å². The number of H-pyrrole nitrogens is 5. The van der Waals surface area contributed by atoms with Crippen LogP contribution in [0.4, 0.5) is 29.1 Å². The van der Waals surface area contributed by atoms with Crippen molar-refractivity contribution in [2.75, 3.05) is 158 Å². The van der Waals surface area contributed by atoms with Crippen molar-refractivity contribution in [1.29, 1.82) is 0 Å². The maximum Gasteiger partial charge on any atom is 0.302 e. The fourth-order valence-electron chi connectivity index (χ4n) is 14.1. The molecule has 15 rings (SSSR count). The molecule has 5 saturated heterocycles. The summed E-state index contributed by atoms with van der Waals surface area (Å²) in [6, 6.07) is -8.46. The Bertz CT molecular complexity index is 7450. The molecule has 0 saturated carbocycles. The van der Waals surface area contributed by atoms with Crippen LogP contribution in [0.3, 0.4) is 0 Å². The highest BCUT2D eigenvalue weighted by molar-refractivity contribution is 5.92. The summed E-state index contributed by atoms with van der Waals surface area (Å²) in [6.07, 6.45) is -2.24. The van der Waals surface area contributed by atoms with Gasteiger partial charge in [-0.1, -0.05) is 34.4 Å². The quantitative estimate of drug-likeness (QED) is 0.0597. The third-order valence-corrected chi connectivity index (χ3v) is 20.5. The number of rotatable bonds is 15. The Morgan fingerprint density at radius 2 is 0.625 bits per heavy atom. The van der Waals surface area contributed by atoms with Crippen LogP contribution in [-0.2, 0) is 24.0 Å². The van der Waals surface area contributed by atoms with E-state index < -0.39 is 168 Å². The standard InChI is InChI=1S/5C17H22N6O/c5*1-11-5-6-23(15(24)8-18-3)9-14(11)22(4)17-13-7-12(2)21-16(13)19-10-20-17/h5*7,10-11,14H,5-6,8-9H2,1-2,4H3,(H,19,20,21)/t5*11-,14+/m11111/s1/i1D3,7D,8D2,10D,11D,14D;7D,8D2,10D,11D,14D;1D3,7D,8D2,10D,14D;1D3,7D,8D2,10D,11D;7D,8D2,10D,14D. The van der Waals surface area contributed by atoms with E-state index in [-0.39, 0.29) is 194 Å². The van der Waals surface area contributed by atoms with E-state index >= 15 is 0 Å². The molecule has 5 aliphatic rings. The first-order chi connectivity index (χ1) is 71.4. The molecule has 0 aromatic carbocycles. The van der Waals surface area contributed by atoms with Crippen molar-refractivity contribution >= 4 is 114 Å². The Morgan fingerprint density at radius 3 is 0.933 bits per heavy atom. The van der Waals surface area contributed by atoms with E-state index in [2.05, 4.69) is 99.0 Å². The second-order valence-electron chi connectivity index (χ2n) is 28.3. The number of likely N-dealkylation sites (tertiary alicyclic amines) is 5. The van der Waals surface area contributed by atoms with Crippen LogP contribution in [-0.4, -0.2) is 292 Å². The van der Waals surface area contributed by atoms with E-state index in [4.69, 9.17) is 80.8 Å². The number of aromatic amines is 5. The summed E-state index contributed by atoms with van der Waals surface area (Å²) in [5.74, 6) is -12.6. The zero-order valence-electron chi connectivity index (χ0n) is 104. The van der Waals surface area contributed by atoms with E-state index in [1.165, 1.54) is 52.7 Å². The van der Waals surface area contributed by atoms with Crippen molar-refractivity contribution in [2.24, 2.45) is 29.5 Å². The first kappa shape index (κ1) is 51.3. The normalized spacial score (nSPS) is 30.4. The highest BCUT2D eigenvalue weighted by Crippen LogP contribution is 2.36. The lowest BCUT2D eigenvalue weighted by Crippen LogP contribution is -2.53. The Morgan fingerprint density at radius 1 is 0.375 bits per heavy atom. The van der Waals surface area contributed by atoms with E-state index in [0.29, 0.717) is 51.3 Å². The van der Waals surface area contributed by atoms with Gasteiger partial charge in [0.15, 0.2) is 0 Å². The lowest BCUT2D eigenvalue weighted by molar-refractivity contribution is -0.131. The van der Waals surface area contributed by atoms with Crippen molar-refractivity contribution < 1.29 is 73.3 Å². The van der Waals surface area contributed by atoms with Crippen LogP contribution in [0.15, 0.2) is 61.7 Å². The number of carbonyl (C=O) groups is 5. The molecule has 5 N–H and O–H groups in total. The van der Waals surface area contributed by atoms with Gasteiger partial charge in [-0.3, -0.25) is 24.0 Å². The Kier molecular flexibility index (Phi) is 16.9. The molecule has 10 aromatic rings. The second-order valence-corrected chi connectivity index (χ2v) is 28.3. The summed E-state index contributed by atoms with van der Waals surface area (Å²) >= 11 is 0. The van der Waals surface area contributed by atoms with Crippen LogP contribution < -0.4 is 24.5 Å². The lowest BCUT2D eigenvalue weighted by atomic mass is 9.92. The number of carbonyl (C=O) groups excluding carboxylic acids is 5. The maximum absolute atomic E-state index is 12.6. The summed E-state index contributed by atoms with van der Waals surface area (Å²) in [5, 5.41) is 1.25. The number of amides is 5. The van der Waals surface area contributed by atoms with Gasteiger partial charge in [-0.25, -0.2) is 82.7 Å². The Labute approximate surface area is 750 Å². The predicted molar refractivity (Wildman–Crippen MR) is 463 cm³/mol. The topological polar surface area (TPSA) is 347 Å². The minimum Gasteiger partial charge on any atom is -0.354 e. The van der Waals surface area contributed by atoms with Crippen molar-refractivity contribution in [3.05, 3.63) is 147 Å². The number of piperidine rings is 5. The Hall–Kier alpha value is -13.1. The van der Waals surface area contributed by atoms with E-state index in [1.807, 2.05) is 6.92 Å². The van der Waals surface area contributed by atoms with Crippen LogP contribution in [0.25, 0.3) is 79.4 Å². The van der Waals surface area contributed by atoms with Gasteiger partial charge in [-0.15, -0.1) is 0 Å². The summed E-state index contributed by atoms with van der Waals surface area (Å²) in [4.78, 5) is 143. The molecule has 0 radical (unpaired) electrons. The highest BCUT2D eigenvalue weighted by Gasteiger charge is 2.39. The number of fused-ring (bicyclic) bond motifs is 5. The van der Waals surface area contributed by atoms with E-state index in [1.54, 1.807) is 48.6 Å². The van der Waals surface area contributed by atoms with Gasteiger partial charge in [0, 0.05) is 146 Å². The van der Waals surface area contributed by atoms with Crippen LogP contribution in [0.5, 0.6) is 0 Å². The molecule has 10 aromatic heterocycles. The molecule has 35 heteroatoms. The number of aryl methyl sites for hydroxylation is 5. The van der Waals surface area contributed by atoms with E-state index in [9.17, 15) is 25.3 Å². The number of aromatic nitrogens is 15. The number of hydrogen-bond donors (Lipinski definition) is 5. The zero-order chi connectivity index (χ0) is 118. The molecule has 630 valence electrons. The first-order valence-corrected chi connectivity index (χ1v) is 37.2. The average molecular weight is 1670 g/mol. The molecule has 5 amide bonds. The summed E-state index contributed by atoms with van der Waals surface area (Å²) in [6.45, 7) is 21.7. The van der Waals surface area contributed by atoms with Crippen molar-refractivity contribution in [1.82, 2.24) is 99.3 Å². The van der Waals surface area contributed by atoms with Gasteiger partial charge in [0.25, 0.3) is 32.5 Å². The van der Waals surface area contributed by atoms with Crippen molar-refractivity contribution in [3.8, 4) is 0 Å². The molecule has 0 bridgehead atoms. The monoisotopic (exact) mass is 1670 g/mol. The third-order valence-electron chi connectivity index (χ3n) is 20.5. The number of nitrogens with zero attached hydrogens (tertiary/aromatic N) is 25. The Balaban J connectivity index is 0.000000184. The fraction of sp³-hybridized carbons (Fsp3) is 0.529. The minimum atomic E-state index is -2.98. The molecule has 5 fully saturated rings. The number of anilines is 5. The SMILES string of the molecule is [2H]c1nc(N(C)[C@@]2([2H])CN(C(=O)C([2H])([2H])[N+]#[C-])CC[C@@]2([2H])C([2H])([2H])[2H])c2c([2H])c(C)[nH]c2n1.[2H]c1nc(N(C)[C@@]2([2H])CN(C(=O)C([2H])([2H])[N+]#[C-])CC[C@@]2([2H])C)c2c([2H])c(C)[nH]c2n1.[2H]c1nc(N(C)[C@@]2([2H])CN(C(=O)C([2H])([2H])[N+]#[C-])CC[C@H]2C([2H])([2H])[2H])c2c([2H])c(C)[nH]c2n1.[2H]c1nc(N(C)[C@@]2([2H])CN(C(=O)C([2H])([2H])[N+]#[C-])CC[C@H]2C)c2c([2H])c(C)[nH]c2n1.[2H]c1nc(N(C)[C@H]2CN(C(=O)C([2H])([2H])[N+]#[C-])CC[C@@]2([2H])C([2H])([2H])[2H])c2c([2H])c(C)[nH]c2n1. The van der Waals surface area contributed by atoms with Crippen LogP contribution in [0, 0.1) is 97.0 Å². The molecular weight excluding hydrogens is 1520 g/mol. The molecule has 35 nitrogen and oxygen atoms in total. The maximum atomic E-state index is 12.6. The van der Waals surface area contributed by atoms with Crippen LogP contribution >= 0.6 is 0 Å². The number of hydrogen-bond acceptors (Lipinski definition) is 20. The molecule has 0 aliphatic carbocycles. The minimum absolute atomic E-state index is 0.0129. The summed E-state index contributed by atoms with van der Waals surface area (Å²) in [5.41, 5.74) is 3.52. The van der Waals surface area contributed by atoms with E-state index in [0.717, 1.165) is 24.5 Å². The van der Waals surface area contributed by atoms with Gasteiger partial charge in [0.05, 0.1) is 69.4 Å². The average Bonchev–Trinajstić information content (AvgIpc) is 1.45.